The molecule has 1 aromatic rings. The second kappa shape index (κ2) is 7.09. The molecule has 1 aliphatic heterocycles. The molecule has 0 bridgehead atoms. The molecule has 1 fully saturated rings. The van der Waals surface area contributed by atoms with Gasteiger partial charge in [-0.15, -0.1) is 0 Å². The Balaban J connectivity index is 2.11. The lowest BCUT2D eigenvalue weighted by molar-refractivity contribution is -0.137. The highest BCUT2D eigenvalue weighted by molar-refractivity contribution is 7.89. The van der Waals surface area contributed by atoms with Crippen molar-refractivity contribution in [2.24, 2.45) is 5.92 Å². The number of hydrogen-bond donors (Lipinski definition) is 0. The first-order valence-corrected chi connectivity index (χ1v) is 8.88. The van der Waals surface area contributed by atoms with Crippen LogP contribution in [0.4, 0.5) is 13.2 Å². The molecule has 0 radical (unpaired) electrons. The number of hydrogen-bond acceptors (Lipinski definition) is 4. The maximum Gasteiger partial charge on any atom is 0.416 e. The maximum atomic E-state index is 12.8. The van der Waals surface area contributed by atoms with E-state index < -0.39 is 21.8 Å². The van der Waals surface area contributed by atoms with Crippen LogP contribution in [-0.4, -0.2) is 50.3 Å². The Hall–Kier alpha value is -1.63. The lowest BCUT2D eigenvalue weighted by Gasteiger charge is -2.34. The number of nitriles is 1. The molecule has 0 N–H and O–H groups in total. The summed E-state index contributed by atoms with van der Waals surface area (Å²) in [7, 11) is -3.96. The lowest BCUT2D eigenvalue weighted by atomic mass is 10.2. The molecule has 0 unspecified atom stereocenters. The molecule has 2 rings (SSSR count). The summed E-state index contributed by atoms with van der Waals surface area (Å²) in [4.78, 5) is 1.63. The van der Waals surface area contributed by atoms with Gasteiger partial charge in [0.25, 0.3) is 0 Å². The van der Waals surface area contributed by atoms with Gasteiger partial charge >= 0.3 is 6.18 Å². The highest BCUT2D eigenvalue weighted by Crippen LogP contribution is 2.31. The predicted octanol–water partition coefficient (Wildman–Crippen LogP) is 2.17. The van der Waals surface area contributed by atoms with Gasteiger partial charge in [0, 0.05) is 32.7 Å². The standard InChI is InChI=1S/C15H18F3N3O2S/c1-12(10-19)11-20-5-7-21(8-6-20)24(22,23)14-4-2-3-13(9-14)15(16,17)18/h2-4,9,12H,5-8,11H2,1H3/t12-/m0/s1. The Morgan fingerprint density at radius 2 is 1.88 bits per heavy atom. The molecule has 9 heteroatoms. The van der Waals surface area contributed by atoms with E-state index in [1.165, 1.54) is 10.4 Å². The zero-order valence-electron chi connectivity index (χ0n) is 13.1. The van der Waals surface area contributed by atoms with Crippen molar-refractivity contribution in [3.05, 3.63) is 29.8 Å². The summed E-state index contributed by atoms with van der Waals surface area (Å²) in [6.45, 7) is 3.61. The first-order valence-electron chi connectivity index (χ1n) is 7.44. The Bertz CT molecular complexity index is 720. The Morgan fingerprint density at radius 1 is 1.25 bits per heavy atom. The SMILES string of the molecule is C[C@@H](C#N)CN1CCN(S(=O)(=O)c2cccc(C(F)(F)F)c2)CC1. The smallest absolute Gasteiger partial charge is 0.299 e. The summed E-state index contributed by atoms with van der Waals surface area (Å²) < 4.78 is 64.6. The number of alkyl halides is 3. The van der Waals surface area contributed by atoms with Gasteiger partial charge in [-0.3, -0.25) is 4.90 Å². The third kappa shape index (κ3) is 4.26. The molecule has 1 atom stereocenters. The fraction of sp³-hybridized carbons (Fsp3) is 0.533. The fourth-order valence-corrected chi connectivity index (χ4v) is 4.03. The molecule has 1 aromatic carbocycles. The Labute approximate surface area is 139 Å². The first-order chi connectivity index (χ1) is 11.1. The van der Waals surface area contributed by atoms with E-state index >= 15 is 0 Å². The molecular formula is C15H18F3N3O2S. The average Bonchev–Trinajstić information content (AvgIpc) is 2.54. The van der Waals surface area contributed by atoms with E-state index in [-0.39, 0.29) is 23.9 Å². The van der Waals surface area contributed by atoms with Crippen molar-refractivity contribution in [3.8, 4) is 6.07 Å². The fourth-order valence-electron chi connectivity index (χ4n) is 2.56. The van der Waals surface area contributed by atoms with Gasteiger partial charge in [-0.05, 0) is 25.1 Å². The van der Waals surface area contributed by atoms with Crippen LogP contribution in [0.5, 0.6) is 0 Å². The van der Waals surface area contributed by atoms with E-state index in [0.717, 1.165) is 12.1 Å². The van der Waals surface area contributed by atoms with Crippen molar-refractivity contribution in [2.75, 3.05) is 32.7 Å². The largest absolute Gasteiger partial charge is 0.416 e. The van der Waals surface area contributed by atoms with E-state index in [9.17, 15) is 21.6 Å². The quantitative estimate of drug-likeness (QED) is 0.825. The van der Waals surface area contributed by atoms with Gasteiger partial charge in [0.2, 0.25) is 10.0 Å². The average molecular weight is 361 g/mol. The molecule has 24 heavy (non-hydrogen) atoms. The van der Waals surface area contributed by atoms with Crippen LogP contribution in [0, 0.1) is 17.2 Å². The Kier molecular flexibility index (Phi) is 5.52. The van der Waals surface area contributed by atoms with E-state index in [4.69, 9.17) is 5.26 Å². The minimum absolute atomic E-state index is 0.156. The van der Waals surface area contributed by atoms with Gasteiger partial charge < -0.3 is 0 Å². The zero-order chi connectivity index (χ0) is 18.0. The summed E-state index contributed by atoms with van der Waals surface area (Å²) >= 11 is 0. The second-order valence-electron chi connectivity index (χ2n) is 5.76. The van der Waals surface area contributed by atoms with E-state index in [1.54, 1.807) is 6.92 Å². The molecule has 132 valence electrons. The van der Waals surface area contributed by atoms with Crippen molar-refractivity contribution in [3.63, 3.8) is 0 Å². The molecule has 1 aliphatic rings. The summed E-state index contributed by atoms with van der Waals surface area (Å²) in [5, 5.41) is 8.81. The zero-order valence-corrected chi connectivity index (χ0v) is 13.9. The number of sulfonamides is 1. The number of piperazine rings is 1. The molecule has 0 saturated carbocycles. The normalized spacial score (nSPS) is 19.0. The van der Waals surface area contributed by atoms with Crippen molar-refractivity contribution in [1.29, 1.82) is 5.26 Å². The highest BCUT2D eigenvalue weighted by Gasteiger charge is 2.34. The van der Waals surface area contributed by atoms with Crippen LogP contribution in [0.3, 0.4) is 0 Å². The molecule has 0 amide bonds. The van der Waals surface area contributed by atoms with Crippen LogP contribution in [0.25, 0.3) is 0 Å². The number of rotatable bonds is 4. The minimum Gasteiger partial charge on any atom is -0.299 e. The van der Waals surface area contributed by atoms with Gasteiger partial charge in [0.15, 0.2) is 0 Å². The number of nitrogens with zero attached hydrogens (tertiary/aromatic N) is 3. The van der Waals surface area contributed by atoms with Crippen LogP contribution in [0.1, 0.15) is 12.5 Å². The minimum atomic E-state index is -4.59. The summed E-state index contributed by atoms with van der Waals surface area (Å²) in [6, 6.07) is 5.91. The number of halogens is 3. The first kappa shape index (κ1) is 18.7. The monoisotopic (exact) mass is 361 g/mol. The molecule has 5 nitrogen and oxygen atoms in total. The van der Waals surface area contributed by atoms with Gasteiger partial charge in [0.05, 0.1) is 22.4 Å². The van der Waals surface area contributed by atoms with Crippen LogP contribution in [-0.2, 0) is 16.2 Å². The number of benzene rings is 1. The second-order valence-corrected chi connectivity index (χ2v) is 7.70. The van der Waals surface area contributed by atoms with Gasteiger partial charge in [-0.1, -0.05) is 6.07 Å². The van der Waals surface area contributed by atoms with Crippen molar-refractivity contribution in [1.82, 2.24) is 9.21 Å². The molecule has 0 aromatic heterocycles. The summed E-state index contributed by atoms with van der Waals surface area (Å²) in [6.07, 6.45) is -4.59. The third-order valence-electron chi connectivity index (χ3n) is 3.88. The van der Waals surface area contributed by atoms with Crippen LogP contribution >= 0.6 is 0 Å². The predicted molar refractivity (Wildman–Crippen MR) is 81.4 cm³/mol. The highest BCUT2D eigenvalue weighted by atomic mass is 32.2. The van der Waals surface area contributed by atoms with Crippen molar-refractivity contribution in [2.45, 2.75) is 18.0 Å². The van der Waals surface area contributed by atoms with E-state index in [2.05, 4.69) is 6.07 Å². The molecule has 1 heterocycles. The third-order valence-corrected chi connectivity index (χ3v) is 5.78. The maximum absolute atomic E-state index is 12.8. The molecule has 0 aliphatic carbocycles. The lowest BCUT2D eigenvalue weighted by Crippen LogP contribution is -2.49. The van der Waals surface area contributed by atoms with Crippen molar-refractivity contribution < 1.29 is 21.6 Å². The molecule has 1 saturated heterocycles. The van der Waals surface area contributed by atoms with Gasteiger partial charge in [0.1, 0.15) is 0 Å². The molecular weight excluding hydrogens is 343 g/mol. The van der Waals surface area contributed by atoms with Gasteiger partial charge in [-0.2, -0.15) is 22.7 Å². The summed E-state index contributed by atoms with van der Waals surface area (Å²) in [5.74, 6) is -0.156. The van der Waals surface area contributed by atoms with Crippen LogP contribution in [0.15, 0.2) is 29.2 Å². The molecule has 0 spiro atoms. The Morgan fingerprint density at radius 3 is 2.42 bits per heavy atom. The van der Waals surface area contributed by atoms with Crippen LogP contribution in [0.2, 0.25) is 0 Å². The topological polar surface area (TPSA) is 64.4 Å². The van der Waals surface area contributed by atoms with Gasteiger partial charge in [-0.25, -0.2) is 8.42 Å². The van der Waals surface area contributed by atoms with Crippen LogP contribution < -0.4 is 0 Å². The summed E-state index contributed by atoms with van der Waals surface area (Å²) in [5.41, 5.74) is -0.981. The van der Waals surface area contributed by atoms with Crippen molar-refractivity contribution >= 4 is 10.0 Å². The van der Waals surface area contributed by atoms with E-state index in [1.807, 2.05) is 4.90 Å². The van der Waals surface area contributed by atoms with E-state index in [0.29, 0.717) is 25.7 Å².